The van der Waals surface area contributed by atoms with E-state index < -0.39 is 39.9 Å². The number of carbonyl (C=O) groups excluding carboxylic acids is 1. The molecule has 11 heteroatoms. The van der Waals surface area contributed by atoms with E-state index in [4.69, 9.17) is 5.11 Å². The second-order valence-corrected chi connectivity index (χ2v) is 3.91. The number of rotatable bonds is 4. The number of nitro groups is 1. The Morgan fingerprint density at radius 2 is 2.00 bits per heavy atom. The van der Waals surface area contributed by atoms with Gasteiger partial charge in [0.25, 0.3) is 11.6 Å². The smallest absolute Gasteiger partial charge is 0.422 e. The van der Waals surface area contributed by atoms with Crippen molar-refractivity contribution in [2.75, 3.05) is 0 Å². The number of H-pyrrole nitrogens is 1. The third-order valence-electron chi connectivity index (χ3n) is 2.48. The maximum Gasteiger partial charge on any atom is 0.422 e. The van der Waals surface area contributed by atoms with E-state index in [2.05, 4.69) is 4.98 Å². The molecule has 1 aromatic heterocycles. The number of hydrogen-bond acceptors (Lipinski definition) is 4. The maximum absolute atomic E-state index is 12.7. The fraction of sp³-hybridized carbons (Fsp3) is 0.333. The third kappa shape index (κ3) is 2.70. The van der Waals surface area contributed by atoms with Crippen LogP contribution in [0.4, 0.5) is 18.9 Å². The summed E-state index contributed by atoms with van der Waals surface area (Å²) in [6.07, 6.45) is -4.45. The van der Waals surface area contributed by atoms with Gasteiger partial charge in [0.2, 0.25) is 5.54 Å². The summed E-state index contributed by atoms with van der Waals surface area (Å²) in [6, 6.07) is 0.688. The van der Waals surface area contributed by atoms with E-state index in [1.807, 2.05) is 0 Å². The average Bonchev–Trinajstić information content (AvgIpc) is 2.76. The van der Waals surface area contributed by atoms with Gasteiger partial charge in [0.15, 0.2) is 0 Å². The highest BCUT2D eigenvalue weighted by Crippen LogP contribution is 2.30. The van der Waals surface area contributed by atoms with Crippen molar-refractivity contribution in [3.05, 3.63) is 28.1 Å². The zero-order chi connectivity index (χ0) is 15.7. The molecular weight excluding hydrogens is 287 g/mol. The molecule has 20 heavy (non-hydrogen) atoms. The van der Waals surface area contributed by atoms with Gasteiger partial charge in [0.05, 0.1) is 11.1 Å². The van der Waals surface area contributed by atoms with Gasteiger partial charge in [-0.05, 0) is 6.92 Å². The quantitative estimate of drug-likeness (QED) is 0.565. The van der Waals surface area contributed by atoms with Gasteiger partial charge in [-0.25, -0.2) is 4.79 Å². The Hall–Kier alpha value is -2.59. The molecule has 0 saturated heterocycles. The van der Waals surface area contributed by atoms with Crippen molar-refractivity contribution >= 4 is 17.6 Å². The fourth-order valence-electron chi connectivity index (χ4n) is 1.16. The molecule has 0 aliphatic rings. The molecule has 1 amide bonds. The van der Waals surface area contributed by atoms with Crippen LogP contribution in [-0.2, 0) is 4.79 Å². The molecule has 8 nitrogen and oxygen atoms in total. The monoisotopic (exact) mass is 295 g/mol. The summed E-state index contributed by atoms with van der Waals surface area (Å²) in [5.41, 5.74) is -4.61. The van der Waals surface area contributed by atoms with Crippen LogP contribution in [0.1, 0.15) is 17.4 Å². The number of hydrogen-bond donors (Lipinski definition) is 3. The zero-order valence-corrected chi connectivity index (χ0v) is 9.82. The Bertz CT molecular complexity index is 567. The molecule has 110 valence electrons. The summed E-state index contributed by atoms with van der Waals surface area (Å²) in [5, 5.41) is 20.3. The van der Waals surface area contributed by atoms with Crippen LogP contribution in [0.2, 0.25) is 0 Å². The number of alkyl halides is 3. The molecule has 0 fully saturated rings. The van der Waals surface area contributed by atoms with E-state index in [9.17, 15) is 32.9 Å². The Labute approximate surface area is 108 Å². The van der Waals surface area contributed by atoms with Crippen LogP contribution in [0, 0.1) is 10.1 Å². The normalized spacial score (nSPS) is 14.4. The molecule has 0 aliphatic carbocycles. The molecule has 0 bridgehead atoms. The van der Waals surface area contributed by atoms with E-state index in [1.54, 1.807) is 0 Å². The summed E-state index contributed by atoms with van der Waals surface area (Å²) in [5.74, 6) is -3.74. The zero-order valence-electron chi connectivity index (χ0n) is 9.82. The molecule has 0 aromatic carbocycles. The van der Waals surface area contributed by atoms with Crippen LogP contribution in [0.25, 0.3) is 0 Å². The first-order chi connectivity index (χ1) is 8.99. The minimum Gasteiger partial charge on any atom is -0.479 e. The summed E-state index contributed by atoms with van der Waals surface area (Å²) >= 11 is 0. The molecule has 0 radical (unpaired) electrons. The SMILES string of the molecule is CC(NC(=O)c1cc([N+](=O)[O-])c[nH]1)(C(=O)O)C(F)(F)F. The Balaban J connectivity index is 3.03. The van der Waals surface area contributed by atoms with E-state index in [1.165, 1.54) is 5.32 Å². The number of nitrogens with one attached hydrogen (secondary N) is 2. The van der Waals surface area contributed by atoms with E-state index in [0.717, 1.165) is 6.20 Å². The van der Waals surface area contributed by atoms with Gasteiger partial charge in [-0.1, -0.05) is 0 Å². The number of aliphatic carboxylic acids is 1. The lowest BCUT2D eigenvalue weighted by Gasteiger charge is -2.28. The standard InChI is InChI=1S/C9H8F3N3O5/c1-8(7(17)18,9(10,11)12)14-6(16)5-2-4(3-13-5)15(19)20/h2-3,13H,1H3,(H,14,16)(H,17,18). The van der Waals surface area contributed by atoms with Crippen LogP contribution in [0.5, 0.6) is 0 Å². The number of aromatic amines is 1. The van der Waals surface area contributed by atoms with Gasteiger partial charge in [0, 0.05) is 6.07 Å². The first kappa shape index (κ1) is 15.5. The largest absolute Gasteiger partial charge is 0.479 e. The average molecular weight is 295 g/mol. The van der Waals surface area contributed by atoms with E-state index >= 15 is 0 Å². The van der Waals surface area contributed by atoms with Crippen LogP contribution in [0.15, 0.2) is 12.3 Å². The lowest BCUT2D eigenvalue weighted by atomic mass is 10.0. The topological polar surface area (TPSA) is 125 Å². The highest BCUT2D eigenvalue weighted by molar-refractivity contribution is 5.97. The molecule has 0 saturated carbocycles. The molecule has 1 atom stereocenters. The lowest BCUT2D eigenvalue weighted by Crippen LogP contribution is -2.61. The fourth-order valence-corrected chi connectivity index (χ4v) is 1.16. The molecule has 3 N–H and O–H groups in total. The van der Waals surface area contributed by atoms with Crippen LogP contribution in [-0.4, -0.2) is 38.6 Å². The van der Waals surface area contributed by atoms with E-state index in [0.29, 0.717) is 6.07 Å². The first-order valence-electron chi connectivity index (χ1n) is 4.94. The van der Waals surface area contributed by atoms with Crippen molar-refractivity contribution in [2.24, 2.45) is 0 Å². The first-order valence-corrected chi connectivity index (χ1v) is 4.94. The number of aromatic nitrogens is 1. The lowest BCUT2D eigenvalue weighted by molar-refractivity contribution is -0.384. The van der Waals surface area contributed by atoms with Gasteiger partial charge >= 0.3 is 12.1 Å². The van der Waals surface area contributed by atoms with Gasteiger partial charge in [-0.3, -0.25) is 14.9 Å². The van der Waals surface area contributed by atoms with Crippen molar-refractivity contribution in [3.8, 4) is 0 Å². The number of carboxylic acid groups (broad SMARTS) is 1. The minimum absolute atomic E-state index is 0.268. The Morgan fingerprint density at radius 1 is 1.45 bits per heavy atom. The summed E-state index contributed by atoms with van der Waals surface area (Å²) < 4.78 is 38.0. The van der Waals surface area contributed by atoms with Crippen molar-refractivity contribution in [1.29, 1.82) is 0 Å². The van der Waals surface area contributed by atoms with Crippen LogP contribution in [0.3, 0.4) is 0 Å². The number of amides is 1. The number of carboxylic acids is 1. The molecular formula is C9H8F3N3O5. The Morgan fingerprint density at radius 3 is 2.35 bits per heavy atom. The molecule has 1 aromatic rings. The van der Waals surface area contributed by atoms with Crippen LogP contribution < -0.4 is 5.32 Å². The molecule has 0 spiro atoms. The molecule has 0 aliphatic heterocycles. The molecule has 1 unspecified atom stereocenters. The van der Waals surface area contributed by atoms with Crippen LogP contribution >= 0.6 is 0 Å². The minimum atomic E-state index is -5.24. The highest BCUT2D eigenvalue weighted by Gasteiger charge is 2.58. The van der Waals surface area contributed by atoms with Crippen molar-refractivity contribution < 1.29 is 32.8 Å². The second-order valence-electron chi connectivity index (χ2n) is 3.91. The maximum atomic E-state index is 12.7. The van der Waals surface area contributed by atoms with Gasteiger partial charge in [0.1, 0.15) is 5.69 Å². The number of halogens is 3. The second kappa shape index (κ2) is 4.83. The van der Waals surface area contributed by atoms with Gasteiger partial charge in [-0.2, -0.15) is 13.2 Å². The summed E-state index contributed by atoms with van der Waals surface area (Å²) in [6.45, 7) is 0.268. The number of carbonyl (C=O) groups is 2. The van der Waals surface area contributed by atoms with Crippen molar-refractivity contribution in [2.45, 2.75) is 18.6 Å². The van der Waals surface area contributed by atoms with E-state index in [-0.39, 0.29) is 6.92 Å². The van der Waals surface area contributed by atoms with Crippen molar-refractivity contribution in [3.63, 3.8) is 0 Å². The van der Waals surface area contributed by atoms with Gasteiger partial charge in [-0.15, -0.1) is 0 Å². The molecule has 1 rings (SSSR count). The summed E-state index contributed by atoms with van der Waals surface area (Å²) in [7, 11) is 0. The van der Waals surface area contributed by atoms with Crippen molar-refractivity contribution in [1.82, 2.24) is 10.3 Å². The third-order valence-corrected chi connectivity index (χ3v) is 2.48. The molecule has 1 heterocycles. The predicted octanol–water partition coefficient (Wildman–Crippen LogP) is 1.06. The van der Waals surface area contributed by atoms with Gasteiger partial charge < -0.3 is 15.4 Å². The predicted molar refractivity (Wildman–Crippen MR) is 57.0 cm³/mol. The number of nitrogens with zero attached hydrogens (tertiary/aromatic N) is 1. The summed E-state index contributed by atoms with van der Waals surface area (Å²) in [4.78, 5) is 33.8. The highest BCUT2D eigenvalue weighted by atomic mass is 19.4. The Kier molecular flexibility index (Phi) is 3.73.